The zero-order valence-electron chi connectivity index (χ0n) is 14.5. The summed E-state index contributed by atoms with van der Waals surface area (Å²) < 4.78 is 6.27. The third-order valence-corrected chi connectivity index (χ3v) is 4.63. The summed E-state index contributed by atoms with van der Waals surface area (Å²) in [5.74, 6) is 0.461. The summed E-state index contributed by atoms with van der Waals surface area (Å²) in [6.45, 7) is 8.81. The first kappa shape index (κ1) is 16.3. The smallest absolute Gasteiger partial charge is 0.0681 e. The zero-order chi connectivity index (χ0) is 15.8. The van der Waals surface area contributed by atoms with Gasteiger partial charge in [0.1, 0.15) is 0 Å². The lowest BCUT2D eigenvalue weighted by Gasteiger charge is -2.33. The molecule has 1 aromatic rings. The molecule has 3 nitrogen and oxygen atoms in total. The standard InChI is InChI=1S/C18H30N2O/c1-17(2)12-15(18(3,4)21-17)16(19-5)13-8-10-14(11-9-13)20(6)7/h8-11,15-16,19H,12H2,1-7H3. The second kappa shape index (κ2) is 5.62. The van der Waals surface area contributed by atoms with Gasteiger partial charge in [-0.3, -0.25) is 0 Å². The molecule has 0 aromatic heterocycles. The van der Waals surface area contributed by atoms with Crippen LogP contribution in [0.3, 0.4) is 0 Å². The number of rotatable bonds is 4. The topological polar surface area (TPSA) is 24.5 Å². The van der Waals surface area contributed by atoms with E-state index in [0.29, 0.717) is 12.0 Å². The molecule has 2 unspecified atom stereocenters. The van der Waals surface area contributed by atoms with Crippen molar-refractivity contribution in [3.05, 3.63) is 29.8 Å². The van der Waals surface area contributed by atoms with Gasteiger partial charge in [-0.25, -0.2) is 0 Å². The summed E-state index contributed by atoms with van der Waals surface area (Å²) in [5, 5.41) is 3.51. The van der Waals surface area contributed by atoms with Gasteiger partial charge < -0.3 is 15.0 Å². The van der Waals surface area contributed by atoms with E-state index >= 15 is 0 Å². The molecule has 1 fully saturated rings. The Bertz CT molecular complexity index is 476. The highest BCUT2D eigenvalue weighted by Gasteiger charge is 2.48. The largest absolute Gasteiger partial charge is 0.378 e. The number of ether oxygens (including phenoxy) is 1. The monoisotopic (exact) mass is 290 g/mol. The van der Waals surface area contributed by atoms with E-state index in [1.54, 1.807) is 0 Å². The van der Waals surface area contributed by atoms with E-state index in [1.807, 2.05) is 7.05 Å². The van der Waals surface area contributed by atoms with E-state index in [2.05, 4.69) is 76.3 Å². The molecular weight excluding hydrogens is 260 g/mol. The highest BCUT2D eigenvalue weighted by molar-refractivity contribution is 5.46. The second-order valence-electron chi connectivity index (χ2n) is 7.53. The lowest BCUT2D eigenvalue weighted by Crippen LogP contribution is -2.37. The molecule has 1 aliphatic heterocycles. The van der Waals surface area contributed by atoms with Crippen LogP contribution in [0.1, 0.15) is 45.7 Å². The van der Waals surface area contributed by atoms with Crippen LogP contribution in [0.4, 0.5) is 5.69 Å². The fourth-order valence-electron chi connectivity index (χ4n) is 3.70. The summed E-state index contributed by atoms with van der Waals surface area (Å²) in [7, 11) is 6.19. The van der Waals surface area contributed by atoms with Crippen LogP contribution < -0.4 is 10.2 Å². The van der Waals surface area contributed by atoms with Crippen LogP contribution in [0, 0.1) is 5.92 Å². The quantitative estimate of drug-likeness (QED) is 0.917. The van der Waals surface area contributed by atoms with E-state index in [-0.39, 0.29) is 11.2 Å². The third kappa shape index (κ3) is 3.41. The number of nitrogens with zero attached hydrogens (tertiary/aromatic N) is 1. The molecular formula is C18H30N2O. The van der Waals surface area contributed by atoms with E-state index in [9.17, 15) is 0 Å². The van der Waals surface area contributed by atoms with Gasteiger partial charge in [0.05, 0.1) is 11.2 Å². The zero-order valence-corrected chi connectivity index (χ0v) is 14.5. The third-order valence-electron chi connectivity index (χ3n) is 4.63. The summed E-state index contributed by atoms with van der Waals surface area (Å²) in [6.07, 6.45) is 1.07. The highest BCUT2D eigenvalue weighted by Crippen LogP contribution is 2.47. The van der Waals surface area contributed by atoms with Gasteiger partial charge in [0.2, 0.25) is 0 Å². The molecule has 0 aliphatic carbocycles. The Morgan fingerprint density at radius 1 is 1.14 bits per heavy atom. The molecule has 1 N–H and O–H groups in total. The van der Waals surface area contributed by atoms with Gasteiger partial charge in [0.25, 0.3) is 0 Å². The second-order valence-corrected chi connectivity index (χ2v) is 7.53. The maximum atomic E-state index is 6.27. The van der Waals surface area contributed by atoms with Gasteiger partial charge in [0, 0.05) is 31.7 Å². The molecule has 2 atom stereocenters. The maximum absolute atomic E-state index is 6.27. The molecule has 0 bridgehead atoms. The van der Waals surface area contributed by atoms with E-state index in [4.69, 9.17) is 4.74 Å². The molecule has 21 heavy (non-hydrogen) atoms. The van der Waals surface area contributed by atoms with Crippen LogP contribution in [0.5, 0.6) is 0 Å². The molecule has 3 heteroatoms. The van der Waals surface area contributed by atoms with Crippen molar-refractivity contribution in [2.24, 2.45) is 5.92 Å². The Kier molecular flexibility index (Phi) is 4.36. The lowest BCUT2D eigenvalue weighted by atomic mass is 9.79. The van der Waals surface area contributed by atoms with Gasteiger partial charge in [-0.2, -0.15) is 0 Å². The summed E-state index contributed by atoms with van der Waals surface area (Å²) in [4.78, 5) is 2.13. The fourth-order valence-corrected chi connectivity index (χ4v) is 3.70. The van der Waals surface area contributed by atoms with Crippen molar-refractivity contribution in [1.82, 2.24) is 5.32 Å². The predicted octanol–water partition coefficient (Wildman–Crippen LogP) is 3.61. The van der Waals surface area contributed by atoms with E-state index in [0.717, 1.165) is 6.42 Å². The molecule has 1 aromatic carbocycles. The number of hydrogen-bond acceptors (Lipinski definition) is 3. The van der Waals surface area contributed by atoms with Gasteiger partial charge in [-0.1, -0.05) is 12.1 Å². The Hall–Kier alpha value is -1.06. The number of benzene rings is 1. The van der Waals surface area contributed by atoms with Crippen molar-refractivity contribution in [3.8, 4) is 0 Å². The minimum atomic E-state index is -0.114. The van der Waals surface area contributed by atoms with Gasteiger partial charge in [-0.15, -0.1) is 0 Å². The number of nitrogens with one attached hydrogen (secondary N) is 1. The van der Waals surface area contributed by atoms with E-state index < -0.39 is 0 Å². The molecule has 1 heterocycles. The average molecular weight is 290 g/mol. The van der Waals surface area contributed by atoms with Crippen LogP contribution in [0.2, 0.25) is 0 Å². The minimum absolute atomic E-state index is 0.0488. The summed E-state index contributed by atoms with van der Waals surface area (Å²) in [5.41, 5.74) is 2.41. The molecule has 118 valence electrons. The average Bonchev–Trinajstić information content (AvgIpc) is 2.59. The van der Waals surface area contributed by atoms with Crippen LogP contribution in [-0.4, -0.2) is 32.3 Å². The minimum Gasteiger partial charge on any atom is -0.378 e. The first-order chi connectivity index (χ1) is 9.66. The van der Waals surface area contributed by atoms with Crippen molar-refractivity contribution >= 4 is 5.69 Å². The summed E-state index contributed by atoms with van der Waals surface area (Å²) >= 11 is 0. The van der Waals surface area contributed by atoms with Crippen molar-refractivity contribution in [2.45, 2.75) is 51.4 Å². The van der Waals surface area contributed by atoms with Gasteiger partial charge >= 0.3 is 0 Å². The number of hydrogen-bond donors (Lipinski definition) is 1. The summed E-state index contributed by atoms with van der Waals surface area (Å²) in [6, 6.07) is 9.16. The Morgan fingerprint density at radius 3 is 2.10 bits per heavy atom. The molecule has 0 saturated carbocycles. The van der Waals surface area contributed by atoms with E-state index in [1.165, 1.54) is 11.3 Å². The van der Waals surface area contributed by atoms with Crippen LogP contribution in [-0.2, 0) is 4.74 Å². The van der Waals surface area contributed by atoms with Crippen LogP contribution >= 0.6 is 0 Å². The van der Waals surface area contributed by atoms with Gasteiger partial charge in [0.15, 0.2) is 0 Å². The maximum Gasteiger partial charge on any atom is 0.0681 e. The molecule has 1 aliphatic rings. The lowest BCUT2D eigenvalue weighted by molar-refractivity contribution is -0.0776. The normalized spacial score (nSPS) is 24.8. The molecule has 2 rings (SSSR count). The molecule has 0 radical (unpaired) electrons. The first-order valence-corrected chi connectivity index (χ1v) is 7.81. The first-order valence-electron chi connectivity index (χ1n) is 7.81. The molecule has 1 saturated heterocycles. The molecule has 0 amide bonds. The van der Waals surface area contributed by atoms with Gasteiger partial charge in [-0.05, 0) is 58.9 Å². The fraction of sp³-hybridized carbons (Fsp3) is 0.667. The van der Waals surface area contributed by atoms with Crippen molar-refractivity contribution in [1.29, 1.82) is 0 Å². The van der Waals surface area contributed by atoms with Crippen molar-refractivity contribution in [2.75, 3.05) is 26.0 Å². The van der Waals surface area contributed by atoms with Crippen LogP contribution in [0.25, 0.3) is 0 Å². The predicted molar refractivity (Wildman–Crippen MR) is 89.9 cm³/mol. The Balaban J connectivity index is 2.27. The molecule has 0 spiro atoms. The SMILES string of the molecule is CNC(c1ccc(N(C)C)cc1)C1CC(C)(C)OC1(C)C. The van der Waals surface area contributed by atoms with Crippen molar-refractivity contribution < 1.29 is 4.74 Å². The Labute approximate surface area is 129 Å². The number of anilines is 1. The Morgan fingerprint density at radius 2 is 1.71 bits per heavy atom. The van der Waals surface area contributed by atoms with Crippen LogP contribution in [0.15, 0.2) is 24.3 Å². The van der Waals surface area contributed by atoms with Crippen molar-refractivity contribution in [3.63, 3.8) is 0 Å². The highest BCUT2D eigenvalue weighted by atomic mass is 16.5.